The Balaban J connectivity index is 1.33. The Labute approximate surface area is 178 Å². The van der Waals surface area contributed by atoms with E-state index >= 15 is 0 Å². The van der Waals surface area contributed by atoms with Crippen molar-refractivity contribution in [2.45, 2.75) is 25.5 Å². The van der Waals surface area contributed by atoms with Crippen LogP contribution >= 0.6 is 11.8 Å². The summed E-state index contributed by atoms with van der Waals surface area (Å²) in [6.07, 6.45) is 0. The number of carbonyl (C=O) groups excluding carboxylic acids is 1. The molecule has 154 valence electrons. The first-order chi connectivity index (χ1) is 14.7. The lowest BCUT2D eigenvalue weighted by atomic mass is 10.2. The monoisotopic (exact) mass is 421 g/mol. The molecule has 2 heterocycles. The van der Waals surface area contributed by atoms with Gasteiger partial charge in [-0.2, -0.15) is 0 Å². The molecule has 0 radical (unpaired) electrons. The number of fused-ring (bicyclic) bond motifs is 3. The largest absolute Gasteiger partial charge is 0.492 e. The summed E-state index contributed by atoms with van der Waals surface area (Å²) >= 11 is 1.28. The van der Waals surface area contributed by atoms with Gasteiger partial charge >= 0.3 is 0 Å². The Kier molecular flexibility index (Phi) is 6.13. The fraction of sp³-hybridized carbons (Fsp3) is 0.273. The number of hydrogen-bond donors (Lipinski definition) is 1. The number of aromatic nitrogens is 4. The van der Waals surface area contributed by atoms with E-state index in [0.717, 1.165) is 39.9 Å². The second-order valence-corrected chi connectivity index (χ2v) is 7.77. The molecule has 7 nitrogen and oxygen atoms in total. The van der Waals surface area contributed by atoms with Crippen molar-refractivity contribution in [3.63, 3.8) is 0 Å². The third kappa shape index (κ3) is 4.38. The number of benzene rings is 2. The number of carbonyl (C=O) groups is 1. The zero-order valence-corrected chi connectivity index (χ0v) is 17.8. The van der Waals surface area contributed by atoms with Crippen molar-refractivity contribution in [1.29, 1.82) is 0 Å². The minimum atomic E-state index is -0.0902. The van der Waals surface area contributed by atoms with Crippen molar-refractivity contribution in [3.8, 4) is 5.75 Å². The van der Waals surface area contributed by atoms with Gasteiger partial charge in [0.15, 0.2) is 5.65 Å². The number of nitrogens with zero attached hydrogens (tertiary/aromatic N) is 4. The van der Waals surface area contributed by atoms with Crippen LogP contribution in [0.5, 0.6) is 5.75 Å². The molecule has 30 heavy (non-hydrogen) atoms. The van der Waals surface area contributed by atoms with Crippen LogP contribution in [0.25, 0.3) is 22.1 Å². The fourth-order valence-electron chi connectivity index (χ4n) is 3.32. The number of nitrogens with one attached hydrogen (secondary N) is 1. The number of hydrogen-bond acceptors (Lipinski definition) is 6. The molecule has 0 bridgehead atoms. The maximum absolute atomic E-state index is 12.1. The topological polar surface area (TPSA) is 81.9 Å². The average Bonchev–Trinajstić information content (AvgIpc) is 3.08. The number of para-hydroxylation sites is 1. The van der Waals surface area contributed by atoms with Crippen LogP contribution in [-0.4, -0.2) is 44.6 Å². The van der Waals surface area contributed by atoms with Crippen LogP contribution in [0.1, 0.15) is 12.5 Å². The van der Waals surface area contributed by atoms with Crippen molar-refractivity contribution in [1.82, 2.24) is 25.1 Å². The highest BCUT2D eigenvalue weighted by Gasteiger charge is 2.14. The van der Waals surface area contributed by atoms with Crippen LogP contribution in [0.4, 0.5) is 0 Å². The van der Waals surface area contributed by atoms with Gasteiger partial charge < -0.3 is 14.6 Å². The Morgan fingerprint density at radius 2 is 2.03 bits per heavy atom. The summed E-state index contributed by atoms with van der Waals surface area (Å²) < 4.78 is 7.76. The molecule has 1 amide bonds. The van der Waals surface area contributed by atoms with E-state index in [1.807, 2.05) is 49.4 Å². The summed E-state index contributed by atoms with van der Waals surface area (Å²) in [6.45, 7) is 5.73. The van der Waals surface area contributed by atoms with Gasteiger partial charge in [0.2, 0.25) is 11.1 Å². The molecule has 0 aliphatic rings. The van der Waals surface area contributed by atoms with E-state index in [-0.39, 0.29) is 11.7 Å². The lowest BCUT2D eigenvalue weighted by molar-refractivity contribution is -0.118. The molecular formula is C22H23N5O2S. The van der Waals surface area contributed by atoms with E-state index in [4.69, 9.17) is 4.74 Å². The molecule has 4 rings (SSSR count). The first-order valence-corrected chi connectivity index (χ1v) is 10.8. The number of rotatable bonds is 8. The zero-order chi connectivity index (χ0) is 20.9. The number of thioether (sulfide) groups is 1. The van der Waals surface area contributed by atoms with Crippen molar-refractivity contribution in [2.75, 3.05) is 18.9 Å². The third-order valence-electron chi connectivity index (χ3n) is 4.69. The van der Waals surface area contributed by atoms with Crippen LogP contribution in [0.15, 0.2) is 53.7 Å². The van der Waals surface area contributed by atoms with E-state index in [1.54, 1.807) is 0 Å². The minimum absolute atomic E-state index is 0.0902. The molecule has 0 spiro atoms. The fourth-order valence-corrected chi connectivity index (χ4v) is 3.93. The molecule has 2 aromatic heterocycles. The molecule has 0 atom stereocenters. The Hall–Kier alpha value is -3.13. The summed E-state index contributed by atoms with van der Waals surface area (Å²) in [4.78, 5) is 16.8. The molecule has 4 aromatic rings. The van der Waals surface area contributed by atoms with Gasteiger partial charge in [-0.3, -0.25) is 4.79 Å². The Bertz CT molecular complexity index is 1190. The van der Waals surface area contributed by atoms with E-state index < -0.39 is 0 Å². The van der Waals surface area contributed by atoms with Gasteiger partial charge in [-0.1, -0.05) is 42.1 Å². The molecule has 0 unspecified atom stereocenters. The summed E-state index contributed by atoms with van der Waals surface area (Å²) in [5.74, 6) is 0.939. The summed E-state index contributed by atoms with van der Waals surface area (Å²) in [6, 6.07) is 15.9. The summed E-state index contributed by atoms with van der Waals surface area (Å²) in [7, 11) is 0. The van der Waals surface area contributed by atoms with E-state index in [9.17, 15) is 4.79 Å². The normalized spacial score (nSPS) is 11.1. The highest BCUT2D eigenvalue weighted by Crippen LogP contribution is 2.26. The predicted molar refractivity (Wildman–Crippen MR) is 119 cm³/mol. The molecule has 0 fully saturated rings. The summed E-state index contributed by atoms with van der Waals surface area (Å²) in [5, 5.41) is 13.0. The van der Waals surface area contributed by atoms with Gasteiger partial charge in [0.1, 0.15) is 17.9 Å². The van der Waals surface area contributed by atoms with Crippen molar-refractivity contribution in [3.05, 3.63) is 54.1 Å². The van der Waals surface area contributed by atoms with Gasteiger partial charge in [0, 0.05) is 11.9 Å². The lowest BCUT2D eigenvalue weighted by Gasteiger charge is -2.08. The second kappa shape index (κ2) is 9.13. The highest BCUT2D eigenvalue weighted by atomic mass is 32.2. The van der Waals surface area contributed by atoms with E-state index in [2.05, 4.69) is 38.1 Å². The van der Waals surface area contributed by atoms with Crippen molar-refractivity contribution >= 4 is 39.7 Å². The Morgan fingerprint density at radius 3 is 2.87 bits per heavy atom. The maximum Gasteiger partial charge on any atom is 0.230 e. The average molecular weight is 422 g/mol. The number of ether oxygens (including phenoxy) is 1. The van der Waals surface area contributed by atoms with Crippen molar-refractivity contribution < 1.29 is 9.53 Å². The smallest absolute Gasteiger partial charge is 0.230 e. The van der Waals surface area contributed by atoms with Gasteiger partial charge in [-0.25, -0.2) is 4.98 Å². The second-order valence-electron chi connectivity index (χ2n) is 6.83. The minimum Gasteiger partial charge on any atom is -0.492 e. The van der Waals surface area contributed by atoms with Crippen molar-refractivity contribution in [2.24, 2.45) is 0 Å². The van der Waals surface area contributed by atoms with Crippen LogP contribution < -0.4 is 10.1 Å². The molecule has 1 N–H and O–H groups in total. The zero-order valence-electron chi connectivity index (χ0n) is 17.0. The van der Waals surface area contributed by atoms with E-state index in [0.29, 0.717) is 18.3 Å². The molecular weight excluding hydrogens is 398 g/mol. The highest BCUT2D eigenvalue weighted by molar-refractivity contribution is 7.99. The third-order valence-corrected chi connectivity index (χ3v) is 5.52. The lowest BCUT2D eigenvalue weighted by Crippen LogP contribution is -2.29. The molecule has 8 heteroatoms. The molecule has 0 saturated carbocycles. The Morgan fingerprint density at radius 1 is 1.17 bits per heavy atom. The van der Waals surface area contributed by atoms with Gasteiger partial charge in [-0.05, 0) is 37.6 Å². The van der Waals surface area contributed by atoms with Crippen LogP contribution in [0, 0.1) is 6.92 Å². The molecule has 0 aliphatic carbocycles. The van der Waals surface area contributed by atoms with E-state index in [1.165, 1.54) is 11.8 Å². The maximum atomic E-state index is 12.1. The molecule has 0 aliphatic heterocycles. The standard InChI is InChI=1S/C22H23N5O2S/c1-3-27-18-10-5-4-9-17(18)20-21(27)24-22(26-25-20)30-14-19(28)23-11-12-29-16-8-6-7-15(2)13-16/h4-10,13H,3,11-12,14H2,1-2H3,(H,23,28). The van der Waals surface area contributed by atoms with Crippen LogP contribution in [-0.2, 0) is 11.3 Å². The number of aryl methyl sites for hydroxylation is 2. The van der Waals surface area contributed by atoms with Gasteiger partial charge in [-0.15, -0.1) is 10.2 Å². The number of amides is 1. The van der Waals surface area contributed by atoms with Crippen LogP contribution in [0.2, 0.25) is 0 Å². The SMILES string of the molecule is CCn1c2ccccc2c2nnc(SCC(=O)NCCOc3cccc(C)c3)nc21. The van der Waals surface area contributed by atoms with Gasteiger partial charge in [0.25, 0.3) is 0 Å². The quantitative estimate of drug-likeness (QED) is 0.346. The first kappa shape index (κ1) is 20.2. The molecule has 0 saturated heterocycles. The molecule has 2 aromatic carbocycles. The predicted octanol–water partition coefficient (Wildman–Crippen LogP) is 3.60. The van der Waals surface area contributed by atoms with Gasteiger partial charge in [0.05, 0.1) is 17.8 Å². The first-order valence-electron chi connectivity index (χ1n) is 9.86. The van der Waals surface area contributed by atoms with Crippen LogP contribution in [0.3, 0.4) is 0 Å². The summed E-state index contributed by atoms with van der Waals surface area (Å²) in [5.41, 5.74) is 3.81.